The van der Waals surface area contributed by atoms with Gasteiger partial charge in [-0.2, -0.15) is 0 Å². The van der Waals surface area contributed by atoms with Gasteiger partial charge in [0.25, 0.3) is 5.91 Å². The first-order valence-corrected chi connectivity index (χ1v) is 9.56. The molecule has 0 saturated carbocycles. The van der Waals surface area contributed by atoms with Crippen LogP contribution in [0, 0.1) is 19.8 Å². The first-order chi connectivity index (χ1) is 13.2. The Bertz CT molecular complexity index is 823. The van der Waals surface area contributed by atoms with Crippen LogP contribution in [0.25, 0.3) is 0 Å². The van der Waals surface area contributed by atoms with Gasteiger partial charge >= 0.3 is 5.97 Å². The van der Waals surface area contributed by atoms with E-state index in [0.29, 0.717) is 28.6 Å². The summed E-state index contributed by atoms with van der Waals surface area (Å²) in [4.78, 5) is 24.3. The predicted molar refractivity (Wildman–Crippen MR) is 111 cm³/mol. The van der Waals surface area contributed by atoms with Gasteiger partial charge in [0.2, 0.25) is 0 Å². The second-order valence-corrected chi connectivity index (χ2v) is 7.57. The van der Waals surface area contributed by atoms with E-state index in [-0.39, 0.29) is 17.8 Å². The smallest absolute Gasteiger partial charge is 0.338 e. The van der Waals surface area contributed by atoms with Crippen molar-refractivity contribution < 1.29 is 19.1 Å². The zero-order chi connectivity index (χ0) is 20.8. The second kappa shape index (κ2) is 9.60. The summed E-state index contributed by atoms with van der Waals surface area (Å²) < 4.78 is 10.9. The molecule has 1 unspecified atom stereocenters. The van der Waals surface area contributed by atoms with Crippen molar-refractivity contribution in [3.05, 3.63) is 58.1 Å². The second-order valence-electron chi connectivity index (χ2n) is 7.19. The lowest BCUT2D eigenvalue weighted by Gasteiger charge is -2.16. The van der Waals surface area contributed by atoms with Crippen molar-refractivity contribution in [2.45, 2.75) is 40.7 Å². The van der Waals surface area contributed by atoms with Crippen molar-refractivity contribution in [1.29, 1.82) is 0 Å². The number of anilines is 1. The highest BCUT2D eigenvalue weighted by Crippen LogP contribution is 2.26. The van der Waals surface area contributed by atoms with Crippen molar-refractivity contribution in [3.63, 3.8) is 0 Å². The Kier molecular flexibility index (Phi) is 7.46. The fraction of sp³-hybridized carbons (Fsp3) is 0.364. The van der Waals surface area contributed by atoms with Crippen LogP contribution in [0.4, 0.5) is 5.69 Å². The quantitative estimate of drug-likeness (QED) is 0.647. The summed E-state index contributed by atoms with van der Waals surface area (Å²) in [6.45, 7) is 9.77. The number of aryl methyl sites for hydroxylation is 2. The van der Waals surface area contributed by atoms with Crippen LogP contribution in [0.1, 0.15) is 42.3 Å². The van der Waals surface area contributed by atoms with Crippen molar-refractivity contribution in [2.24, 2.45) is 5.92 Å². The molecule has 0 bridgehead atoms. The van der Waals surface area contributed by atoms with Crippen LogP contribution < -0.4 is 10.1 Å². The minimum absolute atomic E-state index is 0.275. The number of esters is 1. The SMILES string of the molecule is Cc1cc(OC(C)C(=O)Nc2ccc(C(=O)OCC(C)C)cc2)cc(C)c1Cl. The highest BCUT2D eigenvalue weighted by Gasteiger charge is 2.16. The Morgan fingerprint density at radius 3 is 2.14 bits per heavy atom. The third kappa shape index (κ3) is 5.99. The van der Waals surface area contributed by atoms with Crippen molar-refractivity contribution in [2.75, 3.05) is 11.9 Å². The monoisotopic (exact) mass is 403 g/mol. The maximum absolute atomic E-state index is 12.4. The van der Waals surface area contributed by atoms with Crippen LogP contribution >= 0.6 is 11.6 Å². The number of carbonyl (C=O) groups is 2. The summed E-state index contributed by atoms with van der Waals surface area (Å²) >= 11 is 6.16. The number of benzene rings is 2. The van der Waals surface area contributed by atoms with Gasteiger partial charge in [0.05, 0.1) is 12.2 Å². The van der Waals surface area contributed by atoms with E-state index in [1.165, 1.54) is 0 Å². The average molecular weight is 404 g/mol. The van der Waals surface area contributed by atoms with E-state index in [1.807, 2.05) is 27.7 Å². The van der Waals surface area contributed by atoms with Crippen LogP contribution in [0.15, 0.2) is 36.4 Å². The van der Waals surface area contributed by atoms with E-state index in [4.69, 9.17) is 21.1 Å². The lowest BCUT2D eigenvalue weighted by atomic mass is 10.1. The molecule has 6 heteroatoms. The number of ether oxygens (including phenoxy) is 2. The minimum atomic E-state index is -0.698. The van der Waals surface area contributed by atoms with E-state index in [1.54, 1.807) is 43.3 Å². The Hall–Kier alpha value is -2.53. The summed E-state index contributed by atoms with van der Waals surface area (Å²) in [5.41, 5.74) is 2.80. The van der Waals surface area contributed by atoms with Crippen molar-refractivity contribution in [1.82, 2.24) is 0 Å². The van der Waals surface area contributed by atoms with E-state index in [2.05, 4.69) is 5.32 Å². The first kappa shape index (κ1) is 21.8. The molecule has 1 amide bonds. The van der Waals surface area contributed by atoms with Crippen LogP contribution in [-0.2, 0) is 9.53 Å². The van der Waals surface area contributed by atoms with Gasteiger partial charge in [-0.3, -0.25) is 4.79 Å². The molecule has 0 saturated heterocycles. The Balaban J connectivity index is 1.95. The Labute approximate surface area is 171 Å². The van der Waals surface area contributed by atoms with E-state index < -0.39 is 6.10 Å². The van der Waals surface area contributed by atoms with Gasteiger partial charge in [-0.15, -0.1) is 0 Å². The molecule has 0 spiro atoms. The van der Waals surface area contributed by atoms with Gasteiger partial charge in [-0.1, -0.05) is 25.4 Å². The van der Waals surface area contributed by atoms with E-state index >= 15 is 0 Å². The normalized spacial score (nSPS) is 11.8. The molecule has 2 aromatic carbocycles. The molecule has 0 aliphatic rings. The molecular weight excluding hydrogens is 378 g/mol. The summed E-state index contributed by atoms with van der Waals surface area (Å²) in [6, 6.07) is 10.2. The molecule has 0 aliphatic heterocycles. The maximum atomic E-state index is 12.4. The number of hydrogen-bond acceptors (Lipinski definition) is 4. The van der Waals surface area contributed by atoms with Crippen LogP contribution in [0.3, 0.4) is 0 Å². The third-order valence-electron chi connectivity index (χ3n) is 4.03. The molecule has 0 radical (unpaired) electrons. The van der Waals surface area contributed by atoms with Crippen LogP contribution in [-0.4, -0.2) is 24.6 Å². The lowest BCUT2D eigenvalue weighted by Crippen LogP contribution is -2.30. The Morgan fingerprint density at radius 1 is 1.04 bits per heavy atom. The number of rotatable bonds is 7. The molecule has 2 aromatic rings. The number of halogens is 1. The Morgan fingerprint density at radius 2 is 1.61 bits per heavy atom. The minimum Gasteiger partial charge on any atom is -0.481 e. The van der Waals surface area contributed by atoms with Gasteiger partial charge in [0.1, 0.15) is 5.75 Å². The fourth-order valence-electron chi connectivity index (χ4n) is 2.49. The standard InChI is InChI=1S/C22H26ClNO4/c1-13(2)12-27-22(26)17-6-8-18(9-7-17)24-21(25)16(5)28-19-10-14(3)20(23)15(4)11-19/h6-11,13,16H,12H2,1-5H3,(H,24,25). The predicted octanol–water partition coefficient (Wildman–Crippen LogP) is 5.18. The van der Waals surface area contributed by atoms with Crippen molar-refractivity contribution >= 4 is 29.2 Å². The van der Waals surface area contributed by atoms with Crippen LogP contribution in [0.5, 0.6) is 5.75 Å². The van der Waals surface area contributed by atoms with Gasteiger partial charge in [0, 0.05) is 10.7 Å². The molecule has 1 atom stereocenters. The fourth-order valence-corrected chi connectivity index (χ4v) is 2.60. The van der Waals surface area contributed by atoms with Gasteiger partial charge < -0.3 is 14.8 Å². The number of hydrogen-bond donors (Lipinski definition) is 1. The molecule has 1 N–H and O–H groups in total. The molecule has 2 rings (SSSR count). The third-order valence-corrected chi connectivity index (χ3v) is 4.62. The first-order valence-electron chi connectivity index (χ1n) is 9.18. The van der Waals surface area contributed by atoms with Crippen molar-refractivity contribution in [3.8, 4) is 5.75 Å². The van der Waals surface area contributed by atoms with E-state index in [0.717, 1.165) is 11.1 Å². The highest BCUT2D eigenvalue weighted by molar-refractivity contribution is 6.32. The molecule has 150 valence electrons. The molecular formula is C22H26ClNO4. The highest BCUT2D eigenvalue weighted by atomic mass is 35.5. The molecule has 5 nitrogen and oxygen atoms in total. The van der Waals surface area contributed by atoms with Gasteiger partial charge in [-0.25, -0.2) is 4.79 Å². The molecule has 0 fully saturated rings. The van der Waals surface area contributed by atoms with Gasteiger partial charge in [-0.05, 0) is 74.2 Å². The molecule has 0 heterocycles. The summed E-state index contributed by atoms with van der Waals surface area (Å²) in [7, 11) is 0. The number of carbonyl (C=O) groups excluding carboxylic acids is 2. The summed E-state index contributed by atoms with van der Waals surface area (Å²) in [5, 5.41) is 3.47. The summed E-state index contributed by atoms with van der Waals surface area (Å²) in [5.74, 6) is 0.194. The number of nitrogens with one attached hydrogen (secondary N) is 1. The van der Waals surface area contributed by atoms with E-state index in [9.17, 15) is 9.59 Å². The average Bonchev–Trinajstić information content (AvgIpc) is 2.64. The summed E-state index contributed by atoms with van der Waals surface area (Å²) in [6.07, 6.45) is -0.698. The lowest BCUT2D eigenvalue weighted by molar-refractivity contribution is -0.122. The van der Waals surface area contributed by atoms with Gasteiger partial charge in [0.15, 0.2) is 6.10 Å². The zero-order valence-electron chi connectivity index (χ0n) is 16.8. The molecule has 0 aliphatic carbocycles. The van der Waals surface area contributed by atoms with Crippen LogP contribution in [0.2, 0.25) is 5.02 Å². The molecule has 28 heavy (non-hydrogen) atoms. The maximum Gasteiger partial charge on any atom is 0.338 e. The number of amides is 1. The molecule has 0 aromatic heterocycles. The topological polar surface area (TPSA) is 64.6 Å². The largest absolute Gasteiger partial charge is 0.481 e. The zero-order valence-corrected chi connectivity index (χ0v) is 17.6.